The van der Waals surface area contributed by atoms with Crippen LogP contribution >= 0.6 is 11.6 Å². The highest BCUT2D eigenvalue weighted by Crippen LogP contribution is 2.20. The van der Waals surface area contributed by atoms with Crippen molar-refractivity contribution in [3.63, 3.8) is 0 Å². The number of amides is 2. The minimum Gasteiger partial charge on any atom is -0.480 e. The van der Waals surface area contributed by atoms with E-state index in [0.29, 0.717) is 30.0 Å². The molecule has 1 unspecified atom stereocenters. The van der Waals surface area contributed by atoms with E-state index in [9.17, 15) is 19.5 Å². The maximum atomic E-state index is 12.6. The average molecular weight is 367 g/mol. The molecule has 0 aromatic heterocycles. The van der Waals surface area contributed by atoms with Crippen molar-refractivity contribution in [2.75, 3.05) is 13.1 Å². The summed E-state index contributed by atoms with van der Waals surface area (Å²) in [5, 5.41) is 12.4. The Kier molecular flexibility index (Phi) is 6.42. The van der Waals surface area contributed by atoms with E-state index in [4.69, 9.17) is 11.6 Å². The summed E-state index contributed by atoms with van der Waals surface area (Å²) in [7, 11) is 0. The fraction of sp³-hybridized carbons (Fsp3) is 0.500. The zero-order valence-corrected chi connectivity index (χ0v) is 15.1. The van der Waals surface area contributed by atoms with Crippen LogP contribution in [0.5, 0.6) is 0 Å². The van der Waals surface area contributed by atoms with Gasteiger partial charge in [0.2, 0.25) is 5.91 Å². The fourth-order valence-corrected chi connectivity index (χ4v) is 3.06. The van der Waals surface area contributed by atoms with E-state index in [0.717, 1.165) is 0 Å². The third kappa shape index (κ3) is 4.95. The van der Waals surface area contributed by atoms with Gasteiger partial charge >= 0.3 is 5.97 Å². The molecule has 2 N–H and O–H groups in total. The Labute approximate surface area is 152 Å². The first-order valence-electron chi connectivity index (χ1n) is 8.37. The predicted molar refractivity (Wildman–Crippen MR) is 94.5 cm³/mol. The number of benzene rings is 1. The molecule has 6 nitrogen and oxygen atoms in total. The Morgan fingerprint density at radius 1 is 1.24 bits per heavy atom. The van der Waals surface area contributed by atoms with Crippen LogP contribution in [0.4, 0.5) is 0 Å². The molecule has 136 valence electrons. The summed E-state index contributed by atoms with van der Waals surface area (Å²) in [6, 6.07) is 5.71. The monoisotopic (exact) mass is 366 g/mol. The lowest BCUT2D eigenvalue weighted by Gasteiger charge is -2.33. The highest BCUT2D eigenvalue weighted by molar-refractivity contribution is 6.30. The van der Waals surface area contributed by atoms with Gasteiger partial charge in [-0.05, 0) is 43.0 Å². The van der Waals surface area contributed by atoms with E-state index in [1.807, 2.05) is 0 Å². The van der Waals surface area contributed by atoms with Crippen LogP contribution in [0.1, 0.15) is 37.0 Å². The number of halogens is 1. The van der Waals surface area contributed by atoms with Crippen molar-refractivity contribution in [3.8, 4) is 0 Å². The molecule has 1 heterocycles. The molecule has 25 heavy (non-hydrogen) atoms. The van der Waals surface area contributed by atoms with Gasteiger partial charge in [-0.1, -0.05) is 25.4 Å². The smallest absolute Gasteiger partial charge is 0.326 e. The van der Waals surface area contributed by atoms with Crippen LogP contribution in [0.2, 0.25) is 5.02 Å². The number of carboxylic acid groups (broad SMARTS) is 1. The molecule has 1 aliphatic rings. The van der Waals surface area contributed by atoms with E-state index in [2.05, 4.69) is 5.32 Å². The zero-order chi connectivity index (χ0) is 18.6. The summed E-state index contributed by atoms with van der Waals surface area (Å²) in [5.74, 6) is -2.11. The number of rotatable bonds is 5. The number of carbonyl (C=O) groups excluding carboxylic acids is 2. The topological polar surface area (TPSA) is 86.7 Å². The fourth-order valence-electron chi connectivity index (χ4n) is 2.94. The van der Waals surface area contributed by atoms with Crippen molar-refractivity contribution < 1.29 is 19.5 Å². The molecular formula is C18H23ClN2O4. The number of nitrogens with one attached hydrogen (secondary N) is 1. The standard InChI is InChI=1S/C18H23ClN2O4/c1-11(2)15(18(24)25)20-16(22)13-4-3-9-21(10-13)17(23)12-5-7-14(19)8-6-12/h5-8,11,13,15H,3-4,9-10H2,1-2H3,(H,20,22)(H,24,25)/t13?,15-/m1/s1. The molecule has 0 bridgehead atoms. The number of aliphatic carboxylic acids is 1. The van der Waals surface area contributed by atoms with Gasteiger partial charge in [0.15, 0.2) is 0 Å². The quantitative estimate of drug-likeness (QED) is 0.837. The van der Waals surface area contributed by atoms with Gasteiger partial charge in [-0.2, -0.15) is 0 Å². The van der Waals surface area contributed by atoms with Crippen LogP contribution in [0.3, 0.4) is 0 Å². The molecule has 2 amide bonds. The normalized spacial score (nSPS) is 18.7. The van der Waals surface area contributed by atoms with Gasteiger partial charge in [0.25, 0.3) is 5.91 Å². The summed E-state index contributed by atoms with van der Waals surface area (Å²) < 4.78 is 0. The van der Waals surface area contributed by atoms with Gasteiger partial charge < -0.3 is 15.3 Å². The summed E-state index contributed by atoms with van der Waals surface area (Å²) in [6.45, 7) is 4.36. The van der Waals surface area contributed by atoms with Gasteiger partial charge in [0, 0.05) is 23.7 Å². The minimum atomic E-state index is -1.05. The molecule has 1 aliphatic heterocycles. The highest BCUT2D eigenvalue weighted by atomic mass is 35.5. The van der Waals surface area contributed by atoms with Crippen molar-refractivity contribution in [1.29, 1.82) is 0 Å². The zero-order valence-electron chi connectivity index (χ0n) is 14.4. The van der Waals surface area contributed by atoms with Gasteiger partial charge in [-0.15, -0.1) is 0 Å². The molecular weight excluding hydrogens is 344 g/mol. The van der Waals surface area contributed by atoms with Crippen LogP contribution in [-0.4, -0.2) is 46.9 Å². The number of carbonyl (C=O) groups is 3. The molecule has 0 radical (unpaired) electrons. The SMILES string of the molecule is CC(C)[C@@H](NC(=O)C1CCCN(C(=O)c2ccc(Cl)cc2)C1)C(=O)O. The molecule has 1 fully saturated rings. The summed E-state index contributed by atoms with van der Waals surface area (Å²) in [4.78, 5) is 37.9. The van der Waals surface area contributed by atoms with Crippen LogP contribution in [0, 0.1) is 11.8 Å². The number of piperidine rings is 1. The number of carboxylic acids is 1. The second-order valence-corrected chi connectivity index (χ2v) is 7.10. The third-order valence-corrected chi connectivity index (χ3v) is 4.65. The molecule has 7 heteroatoms. The first kappa shape index (κ1) is 19.2. The number of likely N-dealkylation sites (tertiary alicyclic amines) is 1. The van der Waals surface area contributed by atoms with Crippen LogP contribution < -0.4 is 5.32 Å². The Morgan fingerprint density at radius 3 is 2.44 bits per heavy atom. The Bertz CT molecular complexity index is 645. The maximum absolute atomic E-state index is 12.6. The lowest BCUT2D eigenvalue weighted by atomic mass is 9.95. The summed E-state index contributed by atoms with van der Waals surface area (Å²) >= 11 is 5.84. The lowest BCUT2D eigenvalue weighted by molar-refractivity contribution is -0.144. The number of nitrogens with zero attached hydrogens (tertiary/aromatic N) is 1. The van der Waals surface area contributed by atoms with Crippen molar-refractivity contribution in [3.05, 3.63) is 34.9 Å². The average Bonchev–Trinajstić information content (AvgIpc) is 2.59. The van der Waals surface area contributed by atoms with E-state index in [1.54, 1.807) is 43.0 Å². The largest absolute Gasteiger partial charge is 0.480 e. The highest BCUT2D eigenvalue weighted by Gasteiger charge is 2.32. The van der Waals surface area contributed by atoms with Crippen LogP contribution in [0.15, 0.2) is 24.3 Å². The van der Waals surface area contributed by atoms with Crippen molar-refractivity contribution >= 4 is 29.4 Å². The van der Waals surface area contributed by atoms with Gasteiger partial charge in [-0.3, -0.25) is 9.59 Å². The molecule has 1 aromatic rings. The maximum Gasteiger partial charge on any atom is 0.326 e. The Hall–Kier alpha value is -2.08. The second-order valence-electron chi connectivity index (χ2n) is 6.67. The van der Waals surface area contributed by atoms with Gasteiger partial charge in [0.1, 0.15) is 6.04 Å². The third-order valence-electron chi connectivity index (χ3n) is 4.40. The predicted octanol–water partition coefficient (Wildman–Crippen LogP) is 2.42. The molecule has 0 spiro atoms. The molecule has 2 rings (SSSR count). The van der Waals surface area contributed by atoms with Crippen molar-refractivity contribution in [2.24, 2.45) is 11.8 Å². The first-order chi connectivity index (χ1) is 11.8. The second kappa shape index (κ2) is 8.34. The molecule has 1 saturated heterocycles. The van der Waals surface area contributed by atoms with Crippen molar-refractivity contribution in [1.82, 2.24) is 10.2 Å². The van der Waals surface area contributed by atoms with E-state index in [1.165, 1.54) is 0 Å². The van der Waals surface area contributed by atoms with Gasteiger partial charge in [0.05, 0.1) is 5.92 Å². The van der Waals surface area contributed by atoms with E-state index in [-0.39, 0.29) is 24.3 Å². The van der Waals surface area contributed by atoms with Crippen LogP contribution in [0.25, 0.3) is 0 Å². The summed E-state index contributed by atoms with van der Waals surface area (Å²) in [5.41, 5.74) is 0.524. The van der Waals surface area contributed by atoms with Crippen LogP contribution in [-0.2, 0) is 9.59 Å². The molecule has 0 saturated carbocycles. The van der Waals surface area contributed by atoms with E-state index >= 15 is 0 Å². The summed E-state index contributed by atoms with van der Waals surface area (Å²) in [6.07, 6.45) is 1.34. The molecule has 1 aromatic carbocycles. The van der Waals surface area contributed by atoms with Gasteiger partial charge in [-0.25, -0.2) is 4.79 Å². The molecule has 2 atom stereocenters. The Balaban J connectivity index is 2.02. The first-order valence-corrected chi connectivity index (χ1v) is 8.75. The Morgan fingerprint density at radius 2 is 1.88 bits per heavy atom. The number of hydrogen-bond acceptors (Lipinski definition) is 3. The number of hydrogen-bond donors (Lipinski definition) is 2. The van der Waals surface area contributed by atoms with Crippen molar-refractivity contribution in [2.45, 2.75) is 32.7 Å². The van der Waals surface area contributed by atoms with E-state index < -0.39 is 17.9 Å². The minimum absolute atomic E-state index is 0.146. The molecule has 0 aliphatic carbocycles. The lowest BCUT2D eigenvalue weighted by Crippen LogP contribution is -2.50.